The van der Waals surface area contributed by atoms with E-state index in [2.05, 4.69) is 24.8 Å². The predicted octanol–water partition coefficient (Wildman–Crippen LogP) is 2.24. The Balaban J connectivity index is 2.28. The van der Waals surface area contributed by atoms with E-state index in [-0.39, 0.29) is 0 Å². The molecule has 4 heteroatoms. The van der Waals surface area contributed by atoms with Crippen molar-refractivity contribution in [3.8, 4) is 0 Å². The van der Waals surface area contributed by atoms with Crippen molar-refractivity contribution in [2.24, 2.45) is 5.73 Å². The van der Waals surface area contributed by atoms with Crippen molar-refractivity contribution in [1.29, 1.82) is 0 Å². The van der Waals surface area contributed by atoms with Gasteiger partial charge in [-0.25, -0.2) is 0 Å². The first-order valence-electron chi connectivity index (χ1n) is 5.82. The standard InChI is InChI=1S/C13H19NO2S/c14-9-11-6-3-5-10(8-11)4-1-2-7-12(17)13(15)16/h3,5-6,8,12,17H,1-2,4,7,9,14H2,(H,15,16). The van der Waals surface area contributed by atoms with Crippen LogP contribution in [0.3, 0.4) is 0 Å². The highest BCUT2D eigenvalue weighted by atomic mass is 32.1. The molecule has 1 atom stereocenters. The smallest absolute Gasteiger partial charge is 0.316 e. The lowest BCUT2D eigenvalue weighted by Crippen LogP contribution is -2.12. The van der Waals surface area contributed by atoms with Gasteiger partial charge in [-0.2, -0.15) is 12.6 Å². The van der Waals surface area contributed by atoms with Gasteiger partial charge in [0.15, 0.2) is 0 Å². The summed E-state index contributed by atoms with van der Waals surface area (Å²) in [5.74, 6) is -0.835. The second-order valence-electron chi connectivity index (χ2n) is 4.12. The van der Waals surface area contributed by atoms with Gasteiger partial charge in [-0.3, -0.25) is 4.79 Å². The molecule has 0 bridgehead atoms. The zero-order valence-corrected chi connectivity index (χ0v) is 10.7. The van der Waals surface area contributed by atoms with E-state index < -0.39 is 11.2 Å². The summed E-state index contributed by atoms with van der Waals surface area (Å²) in [7, 11) is 0. The molecular weight excluding hydrogens is 234 g/mol. The molecule has 3 N–H and O–H groups in total. The molecule has 0 saturated heterocycles. The fourth-order valence-electron chi connectivity index (χ4n) is 1.70. The summed E-state index contributed by atoms with van der Waals surface area (Å²) >= 11 is 4.00. The van der Waals surface area contributed by atoms with Crippen molar-refractivity contribution in [1.82, 2.24) is 0 Å². The Morgan fingerprint density at radius 3 is 2.71 bits per heavy atom. The summed E-state index contributed by atoms with van der Waals surface area (Å²) in [5, 5.41) is 8.14. The first kappa shape index (κ1) is 14.1. The minimum atomic E-state index is -0.835. The third-order valence-corrected chi connectivity index (χ3v) is 3.18. The summed E-state index contributed by atoms with van der Waals surface area (Å²) in [5.41, 5.74) is 7.97. The van der Waals surface area contributed by atoms with Crippen LogP contribution in [-0.4, -0.2) is 16.3 Å². The highest BCUT2D eigenvalue weighted by Gasteiger charge is 2.10. The number of benzene rings is 1. The summed E-state index contributed by atoms with van der Waals surface area (Å²) in [6.45, 7) is 0.561. The maximum Gasteiger partial charge on any atom is 0.316 e. The lowest BCUT2D eigenvalue weighted by atomic mass is 10.0. The van der Waals surface area contributed by atoms with Crippen LogP contribution in [0.1, 0.15) is 30.4 Å². The minimum absolute atomic E-state index is 0.537. The molecule has 0 radical (unpaired) electrons. The Morgan fingerprint density at radius 1 is 1.35 bits per heavy atom. The monoisotopic (exact) mass is 253 g/mol. The molecule has 0 aliphatic carbocycles. The Hall–Kier alpha value is -1.00. The third kappa shape index (κ3) is 5.24. The van der Waals surface area contributed by atoms with Crippen molar-refractivity contribution in [3.05, 3.63) is 35.4 Å². The van der Waals surface area contributed by atoms with Gasteiger partial charge < -0.3 is 10.8 Å². The third-order valence-electron chi connectivity index (χ3n) is 2.71. The van der Waals surface area contributed by atoms with Gasteiger partial charge in [0, 0.05) is 6.54 Å². The number of aryl methyl sites for hydroxylation is 1. The lowest BCUT2D eigenvalue weighted by molar-refractivity contribution is -0.136. The predicted molar refractivity (Wildman–Crippen MR) is 72.3 cm³/mol. The van der Waals surface area contributed by atoms with Crippen LogP contribution in [0, 0.1) is 0 Å². The number of hydrogen-bond acceptors (Lipinski definition) is 3. The first-order valence-corrected chi connectivity index (χ1v) is 6.34. The van der Waals surface area contributed by atoms with Crippen LogP contribution in [0.2, 0.25) is 0 Å². The van der Waals surface area contributed by atoms with E-state index in [0.717, 1.165) is 24.8 Å². The average Bonchev–Trinajstić information content (AvgIpc) is 2.34. The molecule has 0 amide bonds. The quantitative estimate of drug-likeness (QED) is 0.516. The second kappa shape index (κ2) is 7.35. The van der Waals surface area contributed by atoms with Crippen molar-refractivity contribution < 1.29 is 9.90 Å². The molecule has 94 valence electrons. The van der Waals surface area contributed by atoms with E-state index in [0.29, 0.717) is 13.0 Å². The molecule has 0 fully saturated rings. The van der Waals surface area contributed by atoms with E-state index in [4.69, 9.17) is 10.8 Å². The van der Waals surface area contributed by atoms with Crippen molar-refractivity contribution in [3.63, 3.8) is 0 Å². The normalized spacial score (nSPS) is 12.4. The maximum atomic E-state index is 10.6. The number of thiol groups is 1. The van der Waals surface area contributed by atoms with Gasteiger partial charge >= 0.3 is 5.97 Å². The van der Waals surface area contributed by atoms with Crippen LogP contribution in [0.15, 0.2) is 24.3 Å². The van der Waals surface area contributed by atoms with E-state index in [1.54, 1.807) is 0 Å². The van der Waals surface area contributed by atoms with E-state index in [1.165, 1.54) is 5.56 Å². The molecule has 1 rings (SSSR count). The molecule has 1 aromatic carbocycles. The zero-order chi connectivity index (χ0) is 12.7. The number of rotatable bonds is 7. The second-order valence-corrected chi connectivity index (χ2v) is 4.75. The van der Waals surface area contributed by atoms with Crippen molar-refractivity contribution in [2.75, 3.05) is 0 Å². The molecule has 17 heavy (non-hydrogen) atoms. The summed E-state index contributed by atoms with van der Waals surface area (Å²) < 4.78 is 0. The lowest BCUT2D eigenvalue weighted by Gasteiger charge is -2.06. The van der Waals surface area contributed by atoms with Crippen LogP contribution < -0.4 is 5.73 Å². The van der Waals surface area contributed by atoms with Gasteiger partial charge in [-0.05, 0) is 30.4 Å². The highest BCUT2D eigenvalue weighted by molar-refractivity contribution is 7.81. The van der Waals surface area contributed by atoms with Crippen molar-refractivity contribution in [2.45, 2.75) is 37.5 Å². The molecule has 0 saturated carbocycles. The summed E-state index contributed by atoms with van der Waals surface area (Å²) in [4.78, 5) is 10.6. The fourth-order valence-corrected chi connectivity index (χ4v) is 1.88. The van der Waals surface area contributed by atoms with E-state index in [1.807, 2.05) is 12.1 Å². The number of carboxylic acid groups (broad SMARTS) is 1. The summed E-state index contributed by atoms with van der Waals surface area (Å²) in [6.07, 6.45) is 3.45. The largest absolute Gasteiger partial charge is 0.480 e. The number of carboxylic acids is 1. The molecule has 0 aliphatic rings. The Morgan fingerprint density at radius 2 is 2.06 bits per heavy atom. The Bertz CT molecular complexity index is 368. The molecular formula is C13H19NO2S. The Kier molecular flexibility index (Phi) is 6.08. The molecule has 3 nitrogen and oxygen atoms in total. The number of unbranched alkanes of at least 4 members (excludes halogenated alkanes) is 1. The van der Waals surface area contributed by atoms with Gasteiger partial charge in [-0.15, -0.1) is 0 Å². The average molecular weight is 253 g/mol. The zero-order valence-electron chi connectivity index (χ0n) is 9.80. The minimum Gasteiger partial charge on any atom is -0.480 e. The van der Waals surface area contributed by atoms with Gasteiger partial charge in [0.1, 0.15) is 0 Å². The maximum absolute atomic E-state index is 10.6. The van der Waals surface area contributed by atoms with Crippen LogP contribution in [0.4, 0.5) is 0 Å². The van der Waals surface area contributed by atoms with Gasteiger partial charge in [0.25, 0.3) is 0 Å². The van der Waals surface area contributed by atoms with Crippen molar-refractivity contribution >= 4 is 18.6 Å². The number of hydrogen-bond donors (Lipinski definition) is 3. The van der Waals surface area contributed by atoms with E-state index >= 15 is 0 Å². The topological polar surface area (TPSA) is 63.3 Å². The SMILES string of the molecule is NCc1cccc(CCCCC(S)C(=O)O)c1. The molecule has 0 aliphatic heterocycles. The van der Waals surface area contributed by atoms with Crippen LogP contribution in [0.5, 0.6) is 0 Å². The molecule has 0 spiro atoms. The van der Waals surface area contributed by atoms with Gasteiger partial charge in [0.2, 0.25) is 0 Å². The van der Waals surface area contributed by atoms with Crippen LogP contribution >= 0.6 is 12.6 Å². The summed E-state index contributed by atoms with van der Waals surface area (Å²) in [6, 6.07) is 8.21. The van der Waals surface area contributed by atoms with Gasteiger partial charge in [-0.1, -0.05) is 30.7 Å². The molecule has 0 aromatic heterocycles. The highest BCUT2D eigenvalue weighted by Crippen LogP contribution is 2.12. The first-order chi connectivity index (χ1) is 8.13. The Labute approximate surface area is 107 Å². The van der Waals surface area contributed by atoms with Crippen LogP contribution in [0.25, 0.3) is 0 Å². The molecule has 0 heterocycles. The van der Waals surface area contributed by atoms with Gasteiger partial charge in [0.05, 0.1) is 5.25 Å². The number of carbonyl (C=O) groups is 1. The number of nitrogens with two attached hydrogens (primary N) is 1. The fraction of sp³-hybridized carbons (Fsp3) is 0.462. The molecule has 1 unspecified atom stereocenters. The van der Waals surface area contributed by atoms with E-state index in [9.17, 15) is 4.79 Å². The number of aliphatic carboxylic acids is 1. The molecule has 1 aromatic rings. The van der Waals surface area contributed by atoms with Crippen LogP contribution in [-0.2, 0) is 17.8 Å².